The molecular formula is C10H8ClF3N2O2. The molecule has 2 rings (SSSR count). The molecule has 0 bridgehead atoms. The van der Waals surface area contributed by atoms with E-state index in [0.717, 1.165) is 0 Å². The summed E-state index contributed by atoms with van der Waals surface area (Å²) in [5.41, 5.74) is 6.63. The van der Waals surface area contributed by atoms with Gasteiger partial charge in [-0.05, 0) is 6.07 Å². The van der Waals surface area contributed by atoms with Gasteiger partial charge >= 0.3 is 6.18 Å². The molecule has 0 spiro atoms. The van der Waals surface area contributed by atoms with E-state index in [-0.39, 0.29) is 12.5 Å². The number of ether oxygens (including phenoxy) is 1. The molecule has 0 fully saturated rings. The molecule has 98 valence electrons. The molecule has 1 aromatic heterocycles. The highest BCUT2D eigenvalue weighted by molar-refractivity contribution is 6.33. The van der Waals surface area contributed by atoms with Crippen LogP contribution in [0.2, 0.25) is 5.02 Å². The maximum absolute atomic E-state index is 11.9. The van der Waals surface area contributed by atoms with E-state index in [4.69, 9.17) is 21.8 Å². The first kappa shape index (κ1) is 13.0. The fourth-order valence-corrected chi connectivity index (χ4v) is 1.49. The lowest BCUT2D eigenvalue weighted by Gasteiger charge is -2.04. The monoisotopic (exact) mass is 280 g/mol. The number of nitrogen functional groups attached to an aromatic ring is 1. The lowest BCUT2D eigenvalue weighted by Crippen LogP contribution is -2.16. The Balaban J connectivity index is 2.11. The summed E-state index contributed by atoms with van der Waals surface area (Å²) in [7, 11) is 0. The topological polar surface area (TPSA) is 61.3 Å². The van der Waals surface area contributed by atoms with Crippen molar-refractivity contribution in [3.63, 3.8) is 0 Å². The highest BCUT2D eigenvalue weighted by Gasteiger charge is 2.27. The van der Waals surface area contributed by atoms with Crippen LogP contribution in [0.4, 0.5) is 18.9 Å². The molecule has 2 N–H and O–H groups in total. The SMILES string of the molecule is Nc1cc2oc(COCC(F)(F)F)nc2cc1Cl. The van der Waals surface area contributed by atoms with E-state index in [2.05, 4.69) is 9.72 Å². The van der Waals surface area contributed by atoms with Crippen LogP contribution in [0.25, 0.3) is 11.1 Å². The summed E-state index contributed by atoms with van der Waals surface area (Å²) in [5, 5.41) is 0.304. The molecule has 0 aliphatic carbocycles. The van der Waals surface area contributed by atoms with Crippen LogP contribution in [0.1, 0.15) is 5.89 Å². The molecule has 18 heavy (non-hydrogen) atoms. The zero-order valence-electron chi connectivity index (χ0n) is 8.92. The van der Waals surface area contributed by atoms with Crippen LogP contribution in [0.15, 0.2) is 16.5 Å². The van der Waals surface area contributed by atoms with Gasteiger partial charge in [0.25, 0.3) is 0 Å². The van der Waals surface area contributed by atoms with Gasteiger partial charge in [-0.25, -0.2) is 4.98 Å². The number of benzene rings is 1. The fraction of sp³-hybridized carbons (Fsp3) is 0.300. The van der Waals surface area contributed by atoms with Gasteiger partial charge in [-0.15, -0.1) is 0 Å². The highest BCUT2D eigenvalue weighted by atomic mass is 35.5. The van der Waals surface area contributed by atoms with Crippen molar-refractivity contribution < 1.29 is 22.3 Å². The normalized spacial score (nSPS) is 12.2. The van der Waals surface area contributed by atoms with Gasteiger partial charge in [-0.1, -0.05) is 11.6 Å². The number of fused-ring (bicyclic) bond motifs is 1. The average molecular weight is 281 g/mol. The summed E-state index contributed by atoms with van der Waals surface area (Å²) >= 11 is 5.77. The van der Waals surface area contributed by atoms with Crippen molar-refractivity contribution in [2.45, 2.75) is 12.8 Å². The third kappa shape index (κ3) is 3.05. The number of halogens is 4. The van der Waals surface area contributed by atoms with Gasteiger partial charge in [0, 0.05) is 6.07 Å². The average Bonchev–Trinajstić information content (AvgIpc) is 2.58. The minimum absolute atomic E-state index is 0.0379. The summed E-state index contributed by atoms with van der Waals surface area (Å²) in [6.45, 7) is -1.72. The zero-order chi connectivity index (χ0) is 13.3. The number of rotatable bonds is 3. The number of hydrogen-bond donors (Lipinski definition) is 1. The van der Waals surface area contributed by atoms with Crippen LogP contribution in [0, 0.1) is 0 Å². The second kappa shape index (κ2) is 4.66. The van der Waals surface area contributed by atoms with Crippen molar-refractivity contribution in [3.05, 3.63) is 23.0 Å². The molecule has 0 unspecified atom stereocenters. The van der Waals surface area contributed by atoms with Gasteiger partial charge < -0.3 is 14.9 Å². The summed E-state index contributed by atoms with van der Waals surface area (Å²) in [4.78, 5) is 3.94. The number of anilines is 1. The van der Waals surface area contributed by atoms with Gasteiger partial charge in [0.1, 0.15) is 18.7 Å². The van der Waals surface area contributed by atoms with Gasteiger partial charge in [-0.3, -0.25) is 0 Å². The maximum atomic E-state index is 11.9. The number of nitrogens with two attached hydrogens (primary N) is 1. The molecule has 1 aromatic carbocycles. The van der Waals surface area contributed by atoms with Crippen LogP contribution >= 0.6 is 11.6 Å². The number of oxazole rings is 1. The van der Waals surface area contributed by atoms with Gasteiger partial charge in [-0.2, -0.15) is 13.2 Å². The molecule has 2 aromatic rings. The van der Waals surface area contributed by atoms with Crippen LogP contribution in [-0.2, 0) is 11.3 Å². The number of nitrogens with zero attached hydrogens (tertiary/aromatic N) is 1. The van der Waals surface area contributed by atoms with Crippen LogP contribution in [0.3, 0.4) is 0 Å². The number of aromatic nitrogens is 1. The summed E-state index contributed by atoms with van der Waals surface area (Å²) in [5.74, 6) is 0.0379. The Morgan fingerprint density at radius 3 is 2.78 bits per heavy atom. The molecule has 1 heterocycles. The number of alkyl halides is 3. The van der Waals surface area contributed by atoms with Crippen molar-refractivity contribution in [2.75, 3.05) is 12.3 Å². The van der Waals surface area contributed by atoms with Crippen molar-refractivity contribution in [3.8, 4) is 0 Å². The second-order valence-electron chi connectivity index (χ2n) is 3.56. The van der Waals surface area contributed by atoms with E-state index in [1.807, 2.05) is 0 Å². The van der Waals surface area contributed by atoms with Crippen LogP contribution in [0.5, 0.6) is 0 Å². The fourth-order valence-electron chi connectivity index (χ4n) is 1.33. The third-order valence-electron chi connectivity index (χ3n) is 2.04. The Kier molecular flexibility index (Phi) is 3.36. The highest BCUT2D eigenvalue weighted by Crippen LogP contribution is 2.26. The quantitative estimate of drug-likeness (QED) is 0.878. The van der Waals surface area contributed by atoms with E-state index in [9.17, 15) is 13.2 Å². The van der Waals surface area contributed by atoms with Crippen LogP contribution < -0.4 is 5.73 Å². The first-order valence-electron chi connectivity index (χ1n) is 4.84. The molecule has 4 nitrogen and oxygen atoms in total. The van der Waals surface area contributed by atoms with E-state index >= 15 is 0 Å². The Bertz CT molecular complexity index is 529. The molecule has 8 heteroatoms. The lowest BCUT2D eigenvalue weighted by molar-refractivity contribution is -0.177. The molecule has 0 saturated heterocycles. The van der Waals surface area contributed by atoms with Crippen molar-refractivity contribution >= 4 is 28.4 Å². The first-order valence-corrected chi connectivity index (χ1v) is 5.22. The Morgan fingerprint density at radius 2 is 2.11 bits per heavy atom. The van der Waals surface area contributed by atoms with Gasteiger partial charge in [0.15, 0.2) is 5.58 Å². The smallest absolute Gasteiger partial charge is 0.411 e. The third-order valence-corrected chi connectivity index (χ3v) is 2.37. The first-order chi connectivity index (χ1) is 8.35. The molecule has 0 aliphatic heterocycles. The van der Waals surface area contributed by atoms with E-state index < -0.39 is 12.8 Å². The van der Waals surface area contributed by atoms with Crippen LogP contribution in [-0.4, -0.2) is 17.8 Å². The largest absolute Gasteiger partial charge is 0.438 e. The van der Waals surface area contributed by atoms with Crippen molar-refractivity contribution in [2.24, 2.45) is 0 Å². The summed E-state index contributed by atoms with van der Waals surface area (Å²) < 4.78 is 45.2. The Hall–Kier alpha value is -1.47. The van der Waals surface area contributed by atoms with E-state index in [1.165, 1.54) is 12.1 Å². The zero-order valence-corrected chi connectivity index (χ0v) is 9.68. The lowest BCUT2D eigenvalue weighted by atomic mass is 10.3. The predicted molar refractivity (Wildman–Crippen MR) is 59.1 cm³/mol. The number of hydrogen-bond acceptors (Lipinski definition) is 4. The maximum Gasteiger partial charge on any atom is 0.411 e. The van der Waals surface area contributed by atoms with Crippen molar-refractivity contribution in [1.82, 2.24) is 4.98 Å². The van der Waals surface area contributed by atoms with E-state index in [0.29, 0.717) is 21.8 Å². The molecule has 0 saturated carbocycles. The predicted octanol–water partition coefficient (Wildman–Crippen LogP) is 3.14. The van der Waals surface area contributed by atoms with Gasteiger partial charge in [0.05, 0.1) is 10.7 Å². The second-order valence-corrected chi connectivity index (χ2v) is 3.96. The standard InChI is InChI=1S/C10H8ClF3N2O2/c11-5-1-7-8(2-6(5)15)18-9(16-7)3-17-4-10(12,13)14/h1-2H,3-4,15H2. The van der Waals surface area contributed by atoms with Crippen molar-refractivity contribution in [1.29, 1.82) is 0 Å². The summed E-state index contributed by atoms with van der Waals surface area (Å²) in [6.07, 6.45) is -4.38. The molecule has 0 amide bonds. The molecule has 0 aliphatic rings. The molecule has 0 radical (unpaired) electrons. The van der Waals surface area contributed by atoms with E-state index in [1.54, 1.807) is 0 Å². The Morgan fingerprint density at radius 1 is 1.39 bits per heavy atom. The molecule has 0 atom stereocenters. The molecular weight excluding hydrogens is 273 g/mol. The minimum Gasteiger partial charge on any atom is -0.438 e. The minimum atomic E-state index is -4.38. The van der Waals surface area contributed by atoms with Gasteiger partial charge in [0.2, 0.25) is 5.89 Å². The Labute approximate surface area is 104 Å². The summed E-state index contributed by atoms with van der Waals surface area (Å²) in [6, 6.07) is 2.93.